The van der Waals surface area contributed by atoms with Crippen molar-refractivity contribution in [1.29, 1.82) is 0 Å². The Hall–Kier alpha value is -2.52. The van der Waals surface area contributed by atoms with Crippen molar-refractivity contribution in [2.75, 3.05) is 11.9 Å². The summed E-state index contributed by atoms with van der Waals surface area (Å²) in [4.78, 5) is 25.6. The molecule has 1 aromatic carbocycles. The smallest absolute Gasteiger partial charge is 0.340 e. The van der Waals surface area contributed by atoms with Crippen molar-refractivity contribution in [3.05, 3.63) is 73.6 Å². The van der Waals surface area contributed by atoms with Gasteiger partial charge in [-0.3, -0.25) is 4.79 Å². The Morgan fingerprint density at radius 3 is 2.66 bits per heavy atom. The summed E-state index contributed by atoms with van der Waals surface area (Å²) in [5, 5.41) is 4.25. The fourth-order valence-electron chi connectivity index (χ4n) is 2.86. The number of nitrogens with zero attached hydrogens (tertiary/aromatic N) is 1. The van der Waals surface area contributed by atoms with Crippen LogP contribution in [0, 0.1) is 25.5 Å². The van der Waals surface area contributed by atoms with E-state index in [-0.39, 0.29) is 10.2 Å². The third-order valence-corrected chi connectivity index (χ3v) is 5.78. The van der Waals surface area contributed by atoms with Crippen molar-refractivity contribution in [2.24, 2.45) is 0 Å². The van der Waals surface area contributed by atoms with Crippen LogP contribution in [0.2, 0.25) is 0 Å². The largest absolute Gasteiger partial charge is 0.452 e. The summed E-state index contributed by atoms with van der Waals surface area (Å²) < 4.78 is 34.0. The lowest BCUT2D eigenvalue weighted by Crippen LogP contribution is -2.22. The first-order valence-corrected chi connectivity index (χ1v) is 10.2. The van der Waals surface area contributed by atoms with Crippen molar-refractivity contribution in [3.63, 3.8) is 0 Å². The number of ether oxygens (including phenoxy) is 1. The Kier molecular flexibility index (Phi) is 6.49. The Morgan fingerprint density at radius 1 is 1.24 bits per heavy atom. The van der Waals surface area contributed by atoms with E-state index >= 15 is 0 Å². The van der Waals surface area contributed by atoms with E-state index in [1.165, 1.54) is 0 Å². The molecule has 5 nitrogen and oxygen atoms in total. The summed E-state index contributed by atoms with van der Waals surface area (Å²) in [6.45, 7) is 3.73. The van der Waals surface area contributed by atoms with E-state index in [2.05, 4.69) is 21.2 Å². The minimum atomic E-state index is -0.936. The normalized spacial score (nSPS) is 10.8. The van der Waals surface area contributed by atoms with Gasteiger partial charge in [-0.05, 0) is 53.4 Å². The van der Waals surface area contributed by atoms with Crippen LogP contribution in [0.5, 0.6) is 0 Å². The summed E-state index contributed by atoms with van der Waals surface area (Å²) in [5.74, 6) is -3.10. The summed E-state index contributed by atoms with van der Waals surface area (Å²) in [6.07, 6.45) is 0. The van der Waals surface area contributed by atoms with Crippen LogP contribution in [0.25, 0.3) is 0 Å². The number of aromatic nitrogens is 1. The topological polar surface area (TPSA) is 60.3 Å². The van der Waals surface area contributed by atoms with Gasteiger partial charge < -0.3 is 14.6 Å². The molecule has 152 valence electrons. The number of rotatable bonds is 6. The second-order valence-electron chi connectivity index (χ2n) is 6.32. The number of thiophene rings is 1. The van der Waals surface area contributed by atoms with Crippen LogP contribution in [-0.4, -0.2) is 23.1 Å². The van der Waals surface area contributed by atoms with Gasteiger partial charge in [0.05, 0.1) is 17.8 Å². The fraction of sp³-hybridized carbons (Fsp3) is 0.200. The third-order valence-electron chi connectivity index (χ3n) is 4.29. The standard InChI is InChI=1S/C20H17BrF2N2O3S/c1-11-6-15(12(2)25(11)9-14-4-3-5-29-14)20(27)28-10-18(26)24-19-16(21)7-13(22)8-17(19)23/h3-8H,9-10H2,1-2H3,(H,24,26). The average Bonchev–Trinajstić information content (AvgIpc) is 3.26. The van der Waals surface area contributed by atoms with Crippen molar-refractivity contribution in [1.82, 2.24) is 4.57 Å². The molecule has 0 aliphatic rings. The molecule has 1 amide bonds. The van der Waals surface area contributed by atoms with Crippen molar-refractivity contribution >= 4 is 44.8 Å². The monoisotopic (exact) mass is 482 g/mol. The van der Waals surface area contributed by atoms with Crippen LogP contribution >= 0.6 is 27.3 Å². The van der Waals surface area contributed by atoms with E-state index < -0.39 is 30.1 Å². The number of carbonyl (C=O) groups excluding carboxylic acids is 2. The molecule has 0 unspecified atom stereocenters. The highest BCUT2D eigenvalue weighted by molar-refractivity contribution is 9.10. The molecule has 0 fully saturated rings. The predicted octanol–water partition coefficient (Wildman–Crippen LogP) is 5.05. The first-order chi connectivity index (χ1) is 13.8. The highest BCUT2D eigenvalue weighted by Crippen LogP contribution is 2.27. The van der Waals surface area contributed by atoms with Crippen LogP contribution in [-0.2, 0) is 16.1 Å². The molecule has 0 aliphatic carbocycles. The van der Waals surface area contributed by atoms with Crippen LogP contribution in [0.15, 0.2) is 40.2 Å². The first-order valence-electron chi connectivity index (χ1n) is 8.57. The van der Waals surface area contributed by atoms with Gasteiger partial charge in [0, 0.05) is 26.8 Å². The minimum Gasteiger partial charge on any atom is -0.452 e. The van der Waals surface area contributed by atoms with Crippen molar-refractivity contribution in [3.8, 4) is 0 Å². The third kappa shape index (κ3) is 4.91. The number of benzene rings is 1. The number of hydrogen-bond acceptors (Lipinski definition) is 4. The SMILES string of the molecule is Cc1cc(C(=O)OCC(=O)Nc2c(F)cc(F)cc2Br)c(C)n1Cc1cccs1. The summed E-state index contributed by atoms with van der Waals surface area (Å²) in [5.41, 5.74) is 1.76. The molecule has 0 saturated carbocycles. The lowest BCUT2D eigenvalue weighted by molar-refractivity contribution is -0.119. The fourth-order valence-corrected chi connectivity index (χ4v) is 4.06. The van der Waals surface area contributed by atoms with Gasteiger partial charge in [-0.25, -0.2) is 13.6 Å². The number of hydrogen-bond donors (Lipinski definition) is 1. The maximum absolute atomic E-state index is 13.8. The van der Waals surface area contributed by atoms with Gasteiger partial charge in [0.1, 0.15) is 5.82 Å². The molecule has 2 heterocycles. The lowest BCUT2D eigenvalue weighted by atomic mass is 10.2. The molecule has 1 N–H and O–H groups in total. The summed E-state index contributed by atoms with van der Waals surface area (Å²) in [7, 11) is 0. The average molecular weight is 483 g/mol. The molecular formula is C20H17BrF2N2O3S. The number of anilines is 1. The van der Waals surface area contributed by atoms with Gasteiger partial charge in [0.15, 0.2) is 12.4 Å². The zero-order valence-electron chi connectivity index (χ0n) is 15.6. The van der Waals surface area contributed by atoms with Gasteiger partial charge in [-0.15, -0.1) is 11.3 Å². The minimum absolute atomic E-state index is 0.0480. The maximum atomic E-state index is 13.8. The van der Waals surface area contributed by atoms with Gasteiger partial charge >= 0.3 is 5.97 Å². The number of nitrogens with one attached hydrogen (secondary N) is 1. The van der Waals surface area contributed by atoms with Gasteiger partial charge in [0.25, 0.3) is 5.91 Å². The number of carbonyl (C=O) groups is 2. The molecule has 0 radical (unpaired) electrons. The van der Waals surface area contributed by atoms with Crippen molar-refractivity contribution < 1.29 is 23.1 Å². The van der Waals surface area contributed by atoms with E-state index in [0.29, 0.717) is 18.2 Å². The molecule has 0 saturated heterocycles. The van der Waals surface area contributed by atoms with E-state index in [1.54, 1.807) is 17.4 Å². The van der Waals surface area contributed by atoms with Gasteiger partial charge in [-0.1, -0.05) is 6.07 Å². The molecule has 0 aliphatic heterocycles. The Morgan fingerprint density at radius 2 is 2.00 bits per heavy atom. The van der Waals surface area contributed by atoms with Crippen LogP contribution in [0.3, 0.4) is 0 Å². The molecule has 0 bridgehead atoms. The number of esters is 1. The highest BCUT2D eigenvalue weighted by Gasteiger charge is 2.19. The zero-order valence-corrected chi connectivity index (χ0v) is 18.0. The van der Waals surface area contributed by atoms with Crippen LogP contribution in [0.4, 0.5) is 14.5 Å². The molecule has 3 rings (SSSR count). The second kappa shape index (κ2) is 8.87. The quantitative estimate of drug-likeness (QED) is 0.500. The number of aryl methyl sites for hydroxylation is 1. The second-order valence-corrected chi connectivity index (χ2v) is 8.21. The molecule has 29 heavy (non-hydrogen) atoms. The molecule has 0 atom stereocenters. The van der Waals surface area contributed by atoms with Gasteiger partial charge in [-0.2, -0.15) is 0 Å². The Balaban J connectivity index is 1.64. The summed E-state index contributed by atoms with van der Waals surface area (Å²) >= 11 is 4.61. The van der Waals surface area contributed by atoms with E-state index in [4.69, 9.17) is 4.74 Å². The molecule has 2 aromatic heterocycles. The van der Waals surface area contributed by atoms with Crippen molar-refractivity contribution in [2.45, 2.75) is 20.4 Å². The van der Waals surface area contributed by atoms with E-state index in [0.717, 1.165) is 22.3 Å². The van der Waals surface area contributed by atoms with Gasteiger partial charge in [0.2, 0.25) is 0 Å². The maximum Gasteiger partial charge on any atom is 0.340 e. The van der Waals surface area contributed by atoms with Crippen LogP contribution in [0.1, 0.15) is 26.6 Å². The Labute approximate surface area is 178 Å². The molecule has 3 aromatic rings. The zero-order chi connectivity index (χ0) is 21.1. The number of halogens is 3. The highest BCUT2D eigenvalue weighted by atomic mass is 79.9. The first kappa shape index (κ1) is 21.2. The molecule has 9 heteroatoms. The molecule has 0 spiro atoms. The molecular weight excluding hydrogens is 466 g/mol. The summed E-state index contributed by atoms with van der Waals surface area (Å²) in [6, 6.07) is 7.35. The van der Waals surface area contributed by atoms with Crippen LogP contribution < -0.4 is 5.32 Å². The predicted molar refractivity (Wildman–Crippen MR) is 110 cm³/mol. The lowest BCUT2D eigenvalue weighted by Gasteiger charge is -2.10. The van der Waals surface area contributed by atoms with E-state index in [1.807, 2.05) is 35.9 Å². The Bertz CT molecular complexity index is 1040. The number of amides is 1. The van der Waals surface area contributed by atoms with E-state index in [9.17, 15) is 18.4 Å².